The minimum atomic E-state index is -3.63. The molecule has 2 aromatic carbocycles. The summed E-state index contributed by atoms with van der Waals surface area (Å²) in [5.41, 5.74) is 2.20. The van der Waals surface area contributed by atoms with Crippen LogP contribution in [0.2, 0.25) is 0 Å². The molecule has 0 saturated carbocycles. The first kappa shape index (κ1) is 14.7. The van der Waals surface area contributed by atoms with Gasteiger partial charge in [0.15, 0.2) is 0 Å². The quantitative estimate of drug-likeness (QED) is 0.941. The number of sulfonamides is 1. The maximum atomic E-state index is 12.5. The summed E-state index contributed by atoms with van der Waals surface area (Å²) in [7, 11) is -2.08. The number of anilines is 1. The third kappa shape index (κ3) is 2.74. The molecule has 22 heavy (non-hydrogen) atoms. The van der Waals surface area contributed by atoms with Gasteiger partial charge in [0.1, 0.15) is 11.5 Å². The minimum absolute atomic E-state index is 0.241. The molecule has 0 spiro atoms. The zero-order valence-corrected chi connectivity index (χ0v) is 13.2. The number of fused-ring (bicyclic) bond motifs is 1. The zero-order valence-electron chi connectivity index (χ0n) is 12.4. The van der Waals surface area contributed by atoms with Crippen LogP contribution in [0.25, 0.3) is 0 Å². The molecule has 0 aromatic heterocycles. The van der Waals surface area contributed by atoms with Crippen molar-refractivity contribution in [3.63, 3.8) is 0 Å². The van der Waals surface area contributed by atoms with Gasteiger partial charge < -0.3 is 9.47 Å². The molecule has 0 bridgehead atoms. The van der Waals surface area contributed by atoms with Crippen LogP contribution in [-0.2, 0) is 16.4 Å². The number of hydrogen-bond donors (Lipinski definition) is 1. The Morgan fingerprint density at radius 3 is 2.73 bits per heavy atom. The molecule has 2 aromatic rings. The predicted octanol–water partition coefficient (Wildman–Crippen LogP) is 2.74. The molecular weight excluding hydrogens is 302 g/mol. The van der Waals surface area contributed by atoms with Gasteiger partial charge in [-0.25, -0.2) is 8.42 Å². The second kappa shape index (κ2) is 5.53. The minimum Gasteiger partial charge on any atom is -0.497 e. The summed E-state index contributed by atoms with van der Waals surface area (Å²) in [5.74, 6) is 1.45. The second-order valence-corrected chi connectivity index (χ2v) is 6.81. The van der Waals surface area contributed by atoms with Gasteiger partial charge in [0.2, 0.25) is 0 Å². The highest BCUT2D eigenvalue weighted by Gasteiger charge is 2.19. The molecule has 3 rings (SSSR count). The first-order valence-electron chi connectivity index (χ1n) is 6.93. The number of rotatable bonds is 4. The summed E-state index contributed by atoms with van der Waals surface area (Å²) in [4.78, 5) is 0.241. The van der Waals surface area contributed by atoms with E-state index in [4.69, 9.17) is 9.47 Å². The van der Waals surface area contributed by atoms with Gasteiger partial charge >= 0.3 is 0 Å². The van der Waals surface area contributed by atoms with Crippen LogP contribution in [0, 0.1) is 6.92 Å². The molecule has 0 amide bonds. The van der Waals surface area contributed by atoms with E-state index in [9.17, 15) is 8.42 Å². The topological polar surface area (TPSA) is 64.6 Å². The number of ether oxygens (including phenoxy) is 2. The van der Waals surface area contributed by atoms with Crippen LogP contribution < -0.4 is 14.2 Å². The van der Waals surface area contributed by atoms with Gasteiger partial charge in [-0.05, 0) is 54.4 Å². The Kier molecular flexibility index (Phi) is 3.70. The number of aryl methyl sites for hydroxylation is 1. The van der Waals surface area contributed by atoms with Crippen molar-refractivity contribution >= 4 is 15.7 Å². The van der Waals surface area contributed by atoms with Gasteiger partial charge in [0.05, 0.1) is 18.6 Å². The van der Waals surface area contributed by atoms with Crippen LogP contribution in [0.15, 0.2) is 41.3 Å². The van der Waals surface area contributed by atoms with E-state index in [0.29, 0.717) is 23.6 Å². The molecule has 1 aliphatic heterocycles. The smallest absolute Gasteiger partial charge is 0.262 e. The van der Waals surface area contributed by atoms with E-state index in [2.05, 4.69) is 4.72 Å². The van der Waals surface area contributed by atoms with E-state index < -0.39 is 10.0 Å². The summed E-state index contributed by atoms with van der Waals surface area (Å²) in [6.45, 7) is 2.39. The molecule has 1 heterocycles. The summed E-state index contributed by atoms with van der Waals surface area (Å²) in [5, 5.41) is 0. The maximum absolute atomic E-state index is 12.5. The standard InChI is InChI=1S/C16H17NO4S/c1-11-9-14(20-2)4-6-16(11)22(18,19)17-13-3-5-15-12(10-13)7-8-21-15/h3-6,9-10,17H,7-8H2,1-2H3. The molecule has 0 saturated heterocycles. The number of methoxy groups -OCH3 is 1. The molecule has 0 unspecified atom stereocenters. The van der Waals surface area contributed by atoms with E-state index in [-0.39, 0.29) is 4.90 Å². The van der Waals surface area contributed by atoms with Crippen LogP contribution in [0.1, 0.15) is 11.1 Å². The number of nitrogens with one attached hydrogen (secondary N) is 1. The summed E-state index contributed by atoms with van der Waals surface area (Å²) >= 11 is 0. The third-order valence-electron chi connectivity index (χ3n) is 3.61. The monoisotopic (exact) mass is 319 g/mol. The Bertz CT molecular complexity index is 815. The fraction of sp³-hybridized carbons (Fsp3) is 0.250. The molecule has 0 aliphatic carbocycles. The molecule has 0 radical (unpaired) electrons. The molecule has 6 heteroatoms. The van der Waals surface area contributed by atoms with Gasteiger partial charge in [-0.1, -0.05) is 0 Å². The van der Waals surface area contributed by atoms with Crippen molar-refractivity contribution in [3.05, 3.63) is 47.5 Å². The van der Waals surface area contributed by atoms with Crippen LogP contribution in [0.3, 0.4) is 0 Å². The first-order chi connectivity index (χ1) is 10.5. The molecule has 1 aliphatic rings. The van der Waals surface area contributed by atoms with Gasteiger partial charge in [0.25, 0.3) is 10.0 Å². The summed E-state index contributed by atoms with van der Waals surface area (Å²) < 4.78 is 38.2. The van der Waals surface area contributed by atoms with E-state index in [0.717, 1.165) is 17.7 Å². The van der Waals surface area contributed by atoms with Gasteiger partial charge in [0, 0.05) is 12.1 Å². The van der Waals surface area contributed by atoms with E-state index in [1.54, 1.807) is 44.4 Å². The van der Waals surface area contributed by atoms with Crippen molar-refractivity contribution < 1.29 is 17.9 Å². The Morgan fingerprint density at radius 2 is 2.00 bits per heavy atom. The summed E-state index contributed by atoms with van der Waals surface area (Å²) in [6, 6.07) is 10.2. The molecule has 5 nitrogen and oxygen atoms in total. The molecular formula is C16H17NO4S. The van der Waals surface area contributed by atoms with E-state index in [1.807, 2.05) is 6.07 Å². The molecule has 116 valence electrons. The van der Waals surface area contributed by atoms with Crippen LogP contribution in [0.5, 0.6) is 11.5 Å². The zero-order chi connectivity index (χ0) is 15.7. The Balaban J connectivity index is 1.90. The van der Waals surface area contributed by atoms with Crippen molar-refractivity contribution in [2.75, 3.05) is 18.4 Å². The highest BCUT2D eigenvalue weighted by molar-refractivity contribution is 7.92. The third-order valence-corrected chi connectivity index (χ3v) is 5.15. The van der Waals surface area contributed by atoms with E-state index in [1.165, 1.54) is 0 Å². The lowest BCUT2D eigenvalue weighted by Crippen LogP contribution is -2.14. The fourth-order valence-electron chi connectivity index (χ4n) is 2.51. The predicted molar refractivity (Wildman–Crippen MR) is 84.2 cm³/mol. The van der Waals surface area contributed by atoms with Gasteiger partial charge in [-0.2, -0.15) is 0 Å². The Labute approximate surface area is 129 Å². The lowest BCUT2D eigenvalue weighted by Gasteiger charge is -2.12. The van der Waals surface area contributed by atoms with E-state index >= 15 is 0 Å². The van der Waals surface area contributed by atoms with Crippen LogP contribution in [0.4, 0.5) is 5.69 Å². The molecule has 0 atom stereocenters. The Morgan fingerprint density at radius 1 is 1.18 bits per heavy atom. The first-order valence-corrected chi connectivity index (χ1v) is 8.41. The van der Waals surface area contributed by atoms with Crippen molar-refractivity contribution in [2.45, 2.75) is 18.2 Å². The fourth-order valence-corrected chi connectivity index (χ4v) is 3.79. The largest absolute Gasteiger partial charge is 0.497 e. The van der Waals surface area contributed by atoms with Crippen LogP contribution >= 0.6 is 0 Å². The maximum Gasteiger partial charge on any atom is 0.262 e. The SMILES string of the molecule is COc1ccc(S(=O)(=O)Nc2ccc3c(c2)CCO3)c(C)c1. The Hall–Kier alpha value is -2.21. The molecule has 1 N–H and O–H groups in total. The second-order valence-electron chi connectivity index (χ2n) is 5.16. The highest BCUT2D eigenvalue weighted by atomic mass is 32.2. The normalized spacial score (nSPS) is 13.4. The van der Waals surface area contributed by atoms with Crippen molar-refractivity contribution in [3.8, 4) is 11.5 Å². The average Bonchev–Trinajstić information content (AvgIpc) is 2.93. The van der Waals surface area contributed by atoms with Crippen molar-refractivity contribution in [1.29, 1.82) is 0 Å². The molecule has 0 fully saturated rings. The number of benzene rings is 2. The summed E-state index contributed by atoms with van der Waals surface area (Å²) in [6.07, 6.45) is 0.798. The van der Waals surface area contributed by atoms with Gasteiger partial charge in [-0.15, -0.1) is 0 Å². The van der Waals surface area contributed by atoms with Gasteiger partial charge in [-0.3, -0.25) is 4.72 Å². The van der Waals surface area contributed by atoms with Crippen molar-refractivity contribution in [1.82, 2.24) is 0 Å². The van der Waals surface area contributed by atoms with Crippen molar-refractivity contribution in [2.24, 2.45) is 0 Å². The van der Waals surface area contributed by atoms with Crippen LogP contribution in [-0.4, -0.2) is 22.1 Å². The number of hydrogen-bond acceptors (Lipinski definition) is 4. The lowest BCUT2D eigenvalue weighted by molar-refractivity contribution is 0.357. The highest BCUT2D eigenvalue weighted by Crippen LogP contribution is 2.29. The lowest BCUT2D eigenvalue weighted by atomic mass is 10.1. The average molecular weight is 319 g/mol.